The fourth-order valence-electron chi connectivity index (χ4n) is 1.44. The van der Waals surface area contributed by atoms with Crippen LogP contribution >= 0.6 is 0 Å². The van der Waals surface area contributed by atoms with E-state index in [0.29, 0.717) is 5.69 Å². The van der Waals surface area contributed by atoms with Crippen molar-refractivity contribution >= 4 is 5.69 Å². The number of hydrogen-bond donors (Lipinski definition) is 1. The molecule has 0 amide bonds. The highest BCUT2D eigenvalue weighted by atomic mass is 16.3. The van der Waals surface area contributed by atoms with Crippen molar-refractivity contribution in [2.75, 3.05) is 5.73 Å². The fraction of sp³-hybridized carbons (Fsp3) is 0.455. The molecular weight excluding hydrogens is 176 g/mol. The van der Waals surface area contributed by atoms with E-state index in [0.717, 1.165) is 5.56 Å². The largest absolute Gasteiger partial charge is 0.398 e. The molecule has 0 aliphatic rings. The van der Waals surface area contributed by atoms with Gasteiger partial charge in [0.25, 0.3) is 0 Å². The molecule has 0 aliphatic carbocycles. The van der Waals surface area contributed by atoms with E-state index in [1.807, 2.05) is 39.0 Å². The zero-order valence-corrected chi connectivity index (χ0v) is 8.82. The maximum Gasteiger partial charge on any atom is 0.124 e. The lowest BCUT2D eigenvalue weighted by atomic mass is 9.82. The average molecular weight is 192 g/mol. The van der Waals surface area contributed by atoms with E-state index < -0.39 is 0 Å². The molecule has 1 aromatic rings. The first-order valence-electron chi connectivity index (χ1n) is 4.63. The second-order valence-electron chi connectivity index (χ2n) is 4.50. The molecule has 0 saturated carbocycles. The number of benzene rings is 1. The molecule has 0 bridgehead atoms. The van der Waals surface area contributed by atoms with Gasteiger partial charge in [-0.2, -0.15) is 4.91 Å². The highest BCUT2D eigenvalue weighted by Gasteiger charge is 2.28. The van der Waals surface area contributed by atoms with E-state index in [4.69, 9.17) is 5.73 Å². The molecule has 0 aromatic heterocycles. The molecule has 1 aromatic carbocycles. The van der Waals surface area contributed by atoms with Gasteiger partial charge in [0.15, 0.2) is 0 Å². The van der Waals surface area contributed by atoms with Gasteiger partial charge in [0.05, 0.1) is 0 Å². The lowest BCUT2D eigenvalue weighted by Gasteiger charge is -2.25. The topological polar surface area (TPSA) is 55.5 Å². The van der Waals surface area contributed by atoms with E-state index in [9.17, 15) is 4.91 Å². The Kier molecular flexibility index (Phi) is 2.89. The molecular formula is C11H16N2O. The number of nitrogens with two attached hydrogens (primary N) is 1. The summed E-state index contributed by atoms with van der Waals surface area (Å²) in [5.74, 6) is 0. The molecule has 0 radical (unpaired) electrons. The fourth-order valence-corrected chi connectivity index (χ4v) is 1.44. The third-order valence-corrected chi connectivity index (χ3v) is 2.22. The van der Waals surface area contributed by atoms with Crippen molar-refractivity contribution in [3.05, 3.63) is 34.7 Å². The molecule has 0 fully saturated rings. The number of nitrogens with zero attached hydrogens (tertiary/aromatic N) is 1. The minimum atomic E-state index is -0.385. The Morgan fingerprint density at radius 1 is 1.29 bits per heavy atom. The third kappa shape index (κ3) is 2.10. The van der Waals surface area contributed by atoms with Crippen molar-refractivity contribution < 1.29 is 0 Å². The van der Waals surface area contributed by atoms with Crippen molar-refractivity contribution in [3.8, 4) is 0 Å². The molecule has 1 rings (SSSR count). The number of anilines is 1. The maximum atomic E-state index is 10.8. The van der Waals surface area contributed by atoms with Gasteiger partial charge in [-0.25, -0.2) is 0 Å². The van der Waals surface area contributed by atoms with E-state index in [-0.39, 0.29) is 11.5 Å². The highest BCUT2D eigenvalue weighted by molar-refractivity contribution is 5.48. The monoisotopic (exact) mass is 192 g/mol. The quantitative estimate of drug-likeness (QED) is 0.578. The van der Waals surface area contributed by atoms with Crippen LogP contribution in [0.5, 0.6) is 0 Å². The summed E-state index contributed by atoms with van der Waals surface area (Å²) in [6.45, 7) is 5.93. The van der Waals surface area contributed by atoms with Gasteiger partial charge >= 0.3 is 0 Å². The first kappa shape index (κ1) is 10.7. The van der Waals surface area contributed by atoms with E-state index in [1.165, 1.54) is 0 Å². The molecule has 76 valence electrons. The van der Waals surface area contributed by atoms with Gasteiger partial charge in [-0.15, -0.1) is 0 Å². The lowest BCUT2D eigenvalue weighted by Crippen LogP contribution is -2.17. The van der Waals surface area contributed by atoms with E-state index >= 15 is 0 Å². The van der Waals surface area contributed by atoms with Crippen LogP contribution in [0, 0.1) is 10.3 Å². The van der Waals surface area contributed by atoms with Crippen LogP contribution in [0.25, 0.3) is 0 Å². The molecule has 2 N–H and O–H groups in total. The minimum absolute atomic E-state index is 0.197. The minimum Gasteiger partial charge on any atom is -0.398 e. The number of para-hydroxylation sites is 1. The van der Waals surface area contributed by atoms with Crippen LogP contribution in [0.1, 0.15) is 32.4 Å². The summed E-state index contributed by atoms with van der Waals surface area (Å²) < 4.78 is 0. The average Bonchev–Trinajstić information content (AvgIpc) is 2.07. The normalized spacial score (nSPS) is 13.6. The molecule has 1 unspecified atom stereocenters. The lowest BCUT2D eigenvalue weighted by molar-refractivity contribution is 0.328. The molecule has 0 spiro atoms. The zero-order valence-electron chi connectivity index (χ0n) is 8.82. The Morgan fingerprint density at radius 2 is 1.86 bits per heavy atom. The van der Waals surface area contributed by atoms with Crippen molar-refractivity contribution in [2.45, 2.75) is 26.8 Å². The van der Waals surface area contributed by atoms with Gasteiger partial charge in [-0.05, 0) is 11.5 Å². The first-order chi connectivity index (χ1) is 6.46. The summed E-state index contributed by atoms with van der Waals surface area (Å²) in [4.78, 5) is 10.8. The van der Waals surface area contributed by atoms with Gasteiger partial charge in [0.1, 0.15) is 6.04 Å². The van der Waals surface area contributed by atoms with Gasteiger partial charge in [-0.1, -0.05) is 44.1 Å². The summed E-state index contributed by atoms with van der Waals surface area (Å²) in [5.41, 5.74) is 7.04. The van der Waals surface area contributed by atoms with Gasteiger partial charge < -0.3 is 5.73 Å². The van der Waals surface area contributed by atoms with Crippen LogP contribution in [0.4, 0.5) is 5.69 Å². The Hall–Kier alpha value is -1.38. The van der Waals surface area contributed by atoms with Crippen LogP contribution < -0.4 is 5.73 Å². The van der Waals surface area contributed by atoms with Crippen LogP contribution in [0.3, 0.4) is 0 Å². The second-order valence-corrected chi connectivity index (χ2v) is 4.50. The highest BCUT2D eigenvalue weighted by Crippen LogP contribution is 2.38. The number of hydrogen-bond acceptors (Lipinski definition) is 3. The van der Waals surface area contributed by atoms with Crippen LogP contribution in [-0.2, 0) is 0 Å². The molecule has 14 heavy (non-hydrogen) atoms. The molecule has 0 aliphatic heterocycles. The molecule has 3 nitrogen and oxygen atoms in total. The Bertz CT molecular complexity index is 328. The van der Waals surface area contributed by atoms with Gasteiger partial charge in [0.2, 0.25) is 0 Å². The second kappa shape index (κ2) is 3.78. The smallest absolute Gasteiger partial charge is 0.124 e. The predicted octanol–water partition coefficient (Wildman–Crippen LogP) is 3.12. The summed E-state index contributed by atoms with van der Waals surface area (Å²) in [7, 11) is 0. The van der Waals surface area contributed by atoms with Crippen molar-refractivity contribution in [1.29, 1.82) is 0 Å². The summed E-state index contributed by atoms with van der Waals surface area (Å²) in [6.07, 6.45) is 0. The predicted molar refractivity (Wildman–Crippen MR) is 58.8 cm³/mol. The summed E-state index contributed by atoms with van der Waals surface area (Å²) in [5, 5.41) is 3.16. The molecule has 3 heteroatoms. The standard InChI is InChI=1S/C11H16N2O/c1-11(2,3)10(13-14)8-6-4-5-7-9(8)12/h4-7,10H,12H2,1-3H3. The van der Waals surface area contributed by atoms with Crippen LogP contribution in [0.15, 0.2) is 29.4 Å². The van der Waals surface area contributed by atoms with Crippen LogP contribution in [-0.4, -0.2) is 0 Å². The maximum absolute atomic E-state index is 10.8. The molecule has 0 saturated heterocycles. The number of rotatable bonds is 2. The van der Waals surface area contributed by atoms with Gasteiger partial charge in [0, 0.05) is 11.3 Å². The molecule has 1 atom stereocenters. The zero-order chi connectivity index (χ0) is 10.8. The Labute approximate surface area is 84.3 Å². The summed E-state index contributed by atoms with van der Waals surface area (Å²) in [6, 6.07) is 6.98. The van der Waals surface area contributed by atoms with E-state index in [2.05, 4.69) is 5.18 Å². The Morgan fingerprint density at radius 3 is 2.29 bits per heavy atom. The third-order valence-electron chi connectivity index (χ3n) is 2.22. The Balaban J connectivity index is 3.14. The summed E-state index contributed by atoms with van der Waals surface area (Å²) >= 11 is 0. The number of nitroso groups, excluding NO2 is 1. The van der Waals surface area contributed by atoms with Crippen molar-refractivity contribution in [3.63, 3.8) is 0 Å². The van der Waals surface area contributed by atoms with E-state index in [1.54, 1.807) is 6.07 Å². The van der Waals surface area contributed by atoms with Crippen LogP contribution in [0.2, 0.25) is 0 Å². The number of nitrogen functional groups attached to an aromatic ring is 1. The van der Waals surface area contributed by atoms with Crippen molar-refractivity contribution in [1.82, 2.24) is 0 Å². The SMILES string of the molecule is CC(C)(C)C(N=O)c1ccccc1N. The molecule has 0 heterocycles. The van der Waals surface area contributed by atoms with Crippen molar-refractivity contribution in [2.24, 2.45) is 10.6 Å². The van der Waals surface area contributed by atoms with Gasteiger partial charge in [-0.3, -0.25) is 0 Å². The first-order valence-corrected chi connectivity index (χ1v) is 4.63.